The minimum atomic E-state index is -0.0454. The molecule has 1 aliphatic carbocycles. The van der Waals surface area contributed by atoms with Gasteiger partial charge >= 0.3 is 5.97 Å². The van der Waals surface area contributed by atoms with Crippen LogP contribution in [-0.4, -0.2) is 37.1 Å². The van der Waals surface area contributed by atoms with E-state index < -0.39 is 0 Å². The first-order valence-electron chi connectivity index (χ1n) is 7.66. The van der Waals surface area contributed by atoms with Gasteiger partial charge < -0.3 is 9.64 Å². The van der Waals surface area contributed by atoms with Gasteiger partial charge in [0.15, 0.2) is 0 Å². The van der Waals surface area contributed by atoms with E-state index in [9.17, 15) is 4.79 Å². The molecule has 3 unspecified atom stereocenters. The van der Waals surface area contributed by atoms with Crippen LogP contribution in [0.3, 0.4) is 0 Å². The number of hydrogen-bond acceptors (Lipinski definition) is 3. The van der Waals surface area contributed by atoms with Crippen LogP contribution in [0.5, 0.6) is 0 Å². The molecule has 1 fully saturated rings. The molecule has 3 nitrogen and oxygen atoms in total. The van der Waals surface area contributed by atoms with Gasteiger partial charge in [-0.15, -0.1) is 0 Å². The molecule has 1 aliphatic rings. The highest BCUT2D eigenvalue weighted by Crippen LogP contribution is 2.45. The van der Waals surface area contributed by atoms with Crippen molar-refractivity contribution >= 4 is 5.97 Å². The van der Waals surface area contributed by atoms with Crippen molar-refractivity contribution in [2.45, 2.75) is 58.9 Å². The highest BCUT2D eigenvalue weighted by Gasteiger charge is 2.47. The Kier molecular flexibility index (Phi) is 5.84. The van der Waals surface area contributed by atoms with Crippen LogP contribution in [0.1, 0.15) is 53.4 Å². The summed E-state index contributed by atoms with van der Waals surface area (Å²) in [5, 5.41) is 0. The van der Waals surface area contributed by atoms with Gasteiger partial charge in [-0.1, -0.05) is 27.2 Å². The zero-order valence-corrected chi connectivity index (χ0v) is 13.5. The van der Waals surface area contributed by atoms with E-state index in [-0.39, 0.29) is 11.5 Å². The van der Waals surface area contributed by atoms with Gasteiger partial charge in [0.2, 0.25) is 0 Å². The van der Waals surface area contributed by atoms with Crippen LogP contribution < -0.4 is 0 Å². The second-order valence-corrected chi connectivity index (χ2v) is 6.72. The Bertz CT molecular complexity index is 301. The predicted molar refractivity (Wildman–Crippen MR) is 79.0 cm³/mol. The maximum absolute atomic E-state index is 12.0. The average Bonchev–Trinajstić information content (AvgIpc) is 2.28. The summed E-state index contributed by atoms with van der Waals surface area (Å²) in [7, 11) is 4.24. The first-order valence-corrected chi connectivity index (χ1v) is 7.66. The molecule has 1 rings (SSSR count). The third-order valence-corrected chi connectivity index (χ3v) is 4.81. The molecule has 0 radical (unpaired) electrons. The van der Waals surface area contributed by atoms with Crippen LogP contribution in [0.15, 0.2) is 0 Å². The third-order valence-electron chi connectivity index (χ3n) is 4.81. The van der Waals surface area contributed by atoms with Crippen LogP contribution in [0.2, 0.25) is 0 Å². The summed E-state index contributed by atoms with van der Waals surface area (Å²) in [6.07, 6.45) is 4.13. The van der Waals surface area contributed by atoms with Gasteiger partial charge in [-0.3, -0.25) is 4.79 Å². The van der Waals surface area contributed by atoms with Crippen LogP contribution in [0.4, 0.5) is 0 Å². The quantitative estimate of drug-likeness (QED) is 0.717. The molecule has 3 atom stereocenters. The van der Waals surface area contributed by atoms with Gasteiger partial charge in [0, 0.05) is 5.54 Å². The molecular formula is C16H31NO2. The molecular weight excluding hydrogens is 238 g/mol. The van der Waals surface area contributed by atoms with E-state index in [0.717, 1.165) is 6.42 Å². The number of carbonyl (C=O) groups excluding carboxylic acids is 1. The van der Waals surface area contributed by atoms with E-state index in [1.165, 1.54) is 12.8 Å². The maximum atomic E-state index is 12.0. The Morgan fingerprint density at radius 2 is 2.00 bits per heavy atom. The minimum absolute atomic E-state index is 0.0297. The van der Waals surface area contributed by atoms with Gasteiger partial charge in [0.05, 0.1) is 13.0 Å². The van der Waals surface area contributed by atoms with Gasteiger partial charge in [-0.05, 0) is 51.6 Å². The molecule has 0 bridgehead atoms. The van der Waals surface area contributed by atoms with Gasteiger partial charge in [0.25, 0.3) is 0 Å². The standard InChI is InChI=1S/C16H31NO2/c1-7-19-15(18)11-16(17(5)6)10-13(4)8-9-14(16)12(2)3/h12-14H,7-11H2,1-6H3. The lowest BCUT2D eigenvalue weighted by molar-refractivity contribution is -0.149. The zero-order valence-electron chi connectivity index (χ0n) is 13.5. The number of rotatable bonds is 5. The monoisotopic (exact) mass is 269 g/mol. The highest BCUT2D eigenvalue weighted by molar-refractivity contribution is 5.71. The molecule has 0 aliphatic heterocycles. The molecule has 1 saturated carbocycles. The van der Waals surface area contributed by atoms with Crippen molar-refractivity contribution in [3.8, 4) is 0 Å². The number of hydrogen-bond donors (Lipinski definition) is 0. The first kappa shape index (κ1) is 16.5. The molecule has 0 amide bonds. The molecule has 0 heterocycles. The largest absolute Gasteiger partial charge is 0.466 e. The lowest BCUT2D eigenvalue weighted by Gasteiger charge is -2.52. The minimum Gasteiger partial charge on any atom is -0.466 e. The van der Waals surface area contributed by atoms with Crippen molar-refractivity contribution in [3.63, 3.8) is 0 Å². The first-order chi connectivity index (χ1) is 8.83. The fourth-order valence-corrected chi connectivity index (χ4v) is 3.88. The van der Waals surface area contributed by atoms with E-state index in [0.29, 0.717) is 30.8 Å². The maximum Gasteiger partial charge on any atom is 0.307 e. The summed E-state index contributed by atoms with van der Waals surface area (Å²) in [6, 6.07) is 0. The zero-order chi connectivity index (χ0) is 14.6. The van der Waals surface area contributed by atoms with E-state index in [1.54, 1.807) is 0 Å². The van der Waals surface area contributed by atoms with Crippen LogP contribution in [-0.2, 0) is 9.53 Å². The molecule has 19 heavy (non-hydrogen) atoms. The Hall–Kier alpha value is -0.570. The number of esters is 1. The molecule has 3 heteroatoms. The predicted octanol–water partition coefficient (Wildman–Crippen LogP) is 3.33. The Labute approximate surface area is 118 Å². The Morgan fingerprint density at radius 3 is 2.47 bits per heavy atom. The summed E-state index contributed by atoms with van der Waals surface area (Å²) >= 11 is 0. The highest BCUT2D eigenvalue weighted by atomic mass is 16.5. The number of nitrogens with zero attached hydrogens (tertiary/aromatic N) is 1. The van der Waals surface area contributed by atoms with E-state index >= 15 is 0 Å². The summed E-state index contributed by atoms with van der Waals surface area (Å²) < 4.78 is 5.22. The van der Waals surface area contributed by atoms with E-state index in [2.05, 4.69) is 39.8 Å². The van der Waals surface area contributed by atoms with Crippen molar-refractivity contribution < 1.29 is 9.53 Å². The summed E-state index contributed by atoms with van der Waals surface area (Å²) in [5.41, 5.74) is -0.0297. The topological polar surface area (TPSA) is 29.5 Å². The fraction of sp³-hybridized carbons (Fsp3) is 0.938. The normalized spacial score (nSPS) is 31.8. The van der Waals surface area contributed by atoms with Gasteiger partial charge in [-0.25, -0.2) is 0 Å². The molecule has 0 N–H and O–H groups in total. The lowest BCUT2D eigenvalue weighted by atomic mass is 9.63. The van der Waals surface area contributed by atoms with Gasteiger partial charge in [0.1, 0.15) is 0 Å². The van der Waals surface area contributed by atoms with E-state index in [1.807, 2.05) is 6.92 Å². The molecule has 112 valence electrons. The van der Waals surface area contributed by atoms with Crippen molar-refractivity contribution in [1.82, 2.24) is 4.90 Å². The van der Waals surface area contributed by atoms with Crippen LogP contribution in [0.25, 0.3) is 0 Å². The molecule has 0 aromatic carbocycles. The van der Waals surface area contributed by atoms with Crippen molar-refractivity contribution in [2.24, 2.45) is 17.8 Å². The second kappa shape index (κ2) is 6.74. The molecule has 0 spiro atoms. The third kappa shape index (κ3) is 3.71. The SMILES string of the molecule is CCOC(=O)CC1(N(C)C)CC(C)CCC1C(C)C. The Balaban J connectivity index is 3.00. The lowest BCUT2D eigenvalue weighted by Crippen LogP contribution is -2.56. The van der Waals surface area contributed by atoms with Crippen molar-refractivity contribution in [1.29, 1.82) is 0 Å². The van der Waals surface area contributed by atoms with Crippen molar-refractivity contribution in [2.75, 3.05) is 20.7 Å². The number of ether oxygens (including phenoxy) is 1. The smallest absolute Gasteiger partial charge is 0.307 e. The van der Waals surface area contributed by atoms with Crippen LogP contribution >= 0.6 is 0 Å². The second-order valence-electron chi connectivity index (χ2n) is 6.72. The van der Waals surface area contributed by atoms with E-state index in [4.69, 9.17) is 4.74 Å². The summed E-state index contributed by atoms with van der Waals surface area (Å²) in [4.78, 5) is 14.3. The molecule has 0 saturated heterocycles. The van der Waals surface area contributed by atoms with Crippen molar-refractivity contribution in [3.05, 3.63) is 0 Å². The van der Waals surface area contributed by atoms with Gasteiger partial charge in [-0.2, -0.15) is 0 Å². The Morgan fingerprint density at radius 1 is 1.37 bits per heavy atom. The number of carbonyl (C=O) groups is 1. The summed E-state index contributed by atoms with van der Waals surface area (Å²) in [6.45, 7) is 9.22. The average molecular weight is 269 g/mol. The van der Waals surface area contributed by atoms with Crippen LogP contribution in [0, 0.1) is 17.8 Å². The fourth-order valence-electron chi connectivity index (χ4n) is 3.88. The molecule has 0 aromatic rings. The summed E-state index contributed by atoms with van der Waals surface area (Å²) in [5.74, 6) is 1.82. The molecule has 0 aromatic heterocycles.